The van der Waals surface area contributed by atoms with Gasteiger partial charge in [-0.15, -0.1) is 0 Å². The van der Waals surface area contributed by atoms with Gasteiger partial charge in [-0.05, 0) is 47.1 Å². The monoisotopic (exact) mass is 381 g/mol. The molecule has 0 fully saturated rings. The molecular weight excluding hydrogens is 368 g/mol. The van der Waals surface area contributed by atoms with Gasteiger partial charge in [0.15, 0.2) is 0 Å². The van der Waals surface area contributed by atoms with Crippen LogP contribution in [0.2, 0.25) is 0 Å². The Kier molecular flexibility index (Phi) is 4.52. The van der Waals surface area contributed by atoms with Crippen LogP contribution in [0.1, 0.15) is 12.7 Å². The minimum atomic E-state index is -0.599. The zero-order valence-electron chi connectivity index (χ0n) is 12.4. The minimum Gasteiger partial charge on any atom is -0.485 e. The van der Waals surface area contributed by atoms with Gasteiger partial charge in [0.1, 0.15) is 35.4 Å². The van der Waals surface area contributed by atoms with Crippen molar-refractivity contribution in [3.8, 4) is 0 Å². The fraction of sp³-hybridized carbons (Fsp3) is 0.176. The van der Waals surface area contributed by atoms with E-state index in [9.17, 15) is 8.78 Å². The number of ether oxygens (including phenoxy) is 1. The lowest BCUT2D eigenvalue weighted by molar-refractivity contribution is 0.185. The SMILES string of the molecule is CC1=CC(OCc2ccco2)=C(Br)CN1c1c(F)cccc1F. The number of hydrogen-bond donors (Lipinski definition) is 0. The molecule has 0 spiro atoms. The molecule has 120 valence electrons. The van der Waals surface area contributed by atoms with Crippen molar-refractivity contribution in [1.82, 2.24) is 0 Å². The van der Waals surface area contributed by atoms with E-state index in [-0.39, 0.29) is 18.8 Å². The molecule has 0 unspecified atom stereocenters. The van der Waals surface area contributed by atoms with Crippen LogP contribution in [0.5, 0.6) is 0 Å². The van der Waals surface area contributed by atoms with Crippen molar-refractivity contribution in [2.75, 3.05) is 11.4 Å². The van der Waals surface area contributed by atoms with E-state index in [1.54, 1.807) is 30.2 Å². The molecule has 0 saturated carbocycles. The van der Waals surface area contributed by atoms with Crippen molar-refractivity contribution in [3.05, 3.63) is 76.0 Å². The third-order valence-electron chi connectivity index (χ3n) is 3.49. The van der Waals surface area contributed by atoms with Crippen LogP contribution in [0.15, 0.2) is 63.0 Å². The second-order valence-corrected chi connectivity index (χ2v) is 6.04. The molecule has 0 aliphatic carbocycles. The van der Waals surface area contributed by atoms with Crippen LogP contribution in [-0.4, -0.2) is 6.54 Å². The highest BCUT2D eigenvalue weighted by Gasteiger charge is 2.24. The van der Waals surface area contributed by atoms with Crippen molar-refractivity contribution in [2.24, 2.45) is 0 Å². The van der Waals surface area contributed by atoms with Crippen molar-refractivity contribution in [3.63, 3.8) is 0 Å². The van der Waals surface area contributed by atoms with Gasteiger partial charge in [-0.1, -0.05) is 6.07 Å². The Balaban J connectivity index is 1.81. The standard InChI is InChI=1S/C17H14BrF2NO2/c1-11-8-16(23-10-12-4-3-7-22-12)13(18)9-21(11)17-14(19)5-2-6-15(17)20/h2-8H,9-10H2,1H3. The summed E-state index contributed by atoms with van der Waals surface area (Å²) in [6.07, 6.45) is 3.31. The van der Waals surface area contributed by atoms with Gasteiger partial charge in [0, 0.05) is 11.8 Å². The molecule has 0 bridgehead atoms. The first-order valence-corrected chi connectivity index (χ1v) is 7.79. The van der Waals surface area contributed by atoms with Crippen molar-refractivity contribution < 1.29 is 17.9 Å². The molecule has 1 aromatic heterocycles. The van der Waals surface area contributed by atoms with Gasteiger partial charge in [-0.25, -0.2) is 8.78 Å². The molecule has 23 heavy (non-hydrogen) atoms. The molecular formula is C17H14BrF2NO2. The number of nitrogens with zero attached hydrogens (tertiary/aromatic N) is 1. The maximum atomic E-state index is 14.0. The Labute approximate surface area is 141 Å². The summed E-state index contributed by atoms with van der Waals surface area (Å²) in [6, 6.07) is 7.43. The number of benzene rings is 1. The van der Waals surface area contributed by atoms with E-state index in [1.165, 1.54) is 18.2 Å². The maximum Gasteiger partial charge on any atom is 0.149 e. The summed E-state index contributed by atoms with van der Waals surface area (Å²) >= 11 is 3.43. The zero-order chi connectivity index (χ0) is 16.4. The van der Waals surface area contributed by atoms with Gasteiger partial charge < -0.3 is 14.1 Å². The predicted octanol–water partition coefficient (Wildman–Crippen LogP) is 5.10. The maximum absolute atomic E-state index is 14.0. The zero-order valence-corrected chi connectivity index (χ0v) is 13.9. The molecule has 0 amide bonds. The topological polar surface area (TPSA) is 25.6 Å². The molecule has 2 heterocycles. The summed E-state index contributed by atoms with van der Waals surface area (Å²) in [5.41, 5.74) is 0.620. The van der Waals surface area contributed by atoms with Crippen LogP contribution < -0.4 is 4.90 Å². The van der Waals surface area contributed by atoms with Gasteiger partial charge in [0.2, 0.25) is 0 Å². The summed E-state index contributed by atoms with van der Waals surface area (Å²) < 4.78 is 39.6. The Bertz CT molecular complexity index is 749. The molecule has 0 atom stereocenters. The summed E-state index contributed by atoms with van der Waals surface area (Å²) in [5.74, 6) is 0.120. The molecule has 0 radical (unpaired) electrons. The van der Waals surface area contributed by atoms with E-state index in [0.29, 0.717) is 21.7 Å². The second kappa shape index (κ2) is 6.58. The second-order valence-electron chi connectivity index (χ2n) is 5.08. The van der Waals surface area contributed by atoms with E-state index in [1.807, 2.05) is 6.07 Å². The van der Waals surface area contributed by atoms with Crippen LogP contribution in [-0.2, 0) is 11.3 Å². The Hall–Kier alpha value is -2.08. The summed E-state index contributed by atoms with van der Waals surface area (Å²) in [6.45, 7) is 2.35. The van der Waals surface area contributed by atoms with Gasteiger partial charge in [-0.3, -0.25) is 0 Å². The smallest absolute Gasteiger partial charge is 0.149 e. The van der Waals surface area contributed by atoms with Gasteiger partial charge >= 0.3 is 0 Å². The van der Waals surface area contributed by atoms with Crippen molar-refractivity contribution >= 4 is 21.6 Å². The van der Waals surface area contributed by atoms with Crippen LogP contribution >= 0.6 is 15.9 Å². The molecule has 3 rings (SSSR count). The summed E-state index contributed by atoms with van der Waals surface area (Å²) in [4.78, 5) is 1.56. The summed E-state index contributed by atoms with van der Waals surface area (Å²) in [7, 11) is 0. The fourth-order valence-electron chi connectivity index (χ4n) is 2.35. The predicted molar refractivity (Wildman–Crippen MR) is 86.9 cm³/mol. The first kappa shape index (κ1) is 15.8. The number of allylic oxidation sites excluding steroid dienone is 2. The van der Waals surface area contributed by atoms with Crippen LogP contribution in [0, 0.1) is 11.6 Å². The quantitative estimate of drug-likeness (QED) is 0.736. The number of rotatable bonds is 4. The van der Waals surface area contributed by atoms with Gasteiger partial charge in [-0.2, -0.15) is 0 Å². The highest BCUT2D eigenvalue weighted by Crippen LogP contribution is 2.33. The largest absolute Gasteiger partial charge is 0.485 e. The van der Waals surface area contributed by atoms with E-state index in [4.69, 9.17) is 9.15 Å². The number of anilines is 1. The Morgan fingerprint density at radius 3 is 2.61 bits per heavy atom. The molecule has 1 aliphatic heterocycles. The van der Waals surface area contributed by atoms with Crippen molar-refractivity contribution in [2.45, 2.75) is 13.5 Å². The number of hydrogen-bond acceptors (Lipinski definition) is 3. The number of halogens is 3. The van der Waals surface area contributed by atoms with Crippen LogP contribution in [0.3, 0.4) is 0 Å². The molecule has 1 aliphatic rings. The van der Waals surface area contributed by atoms with E-state index in [0.717, 1.165) is 0 Å². The highest BCUT2D eigenvalue weighted by molar-refractivity contribution is 9.11. The third-order valence-corrected chi connectivity index (χ3v) is 4.13. The van der Waals surface area contributed by atoms with E-state index in [2.05, 4.69) is 15.9 Å². The lowest BCUT2D eigenvalue weighted by Crippen LogP contribution is -2.28. The van der Waals surface area contributed by atoms with Crippen LogP contribution in [0.4, 0.5) is 14.5 Å². The molecule has 2 aromatic rings. The first-order chi connectivity index (χ1) is 11.1. The first-order valence-electron chi connectivity index (χ1n) is 7.00. The number of para-hydroxylation sites is 1. The molecule has 0 saturated heterocycles. The lowest BCUT2D eigenvalue weighted by atomic mass is 10.2. The average Bonchev–Trinajstić information content (AvgIpc) is 3.02. The fourth-order valence-corrected chi connectivity index (χ4v) is 2.83. The molecule has 3 nitrogen and oxygen atoms in total. The molecule has 1 aromatic carbocycles. The van der Waals surface area contributed by atoms with Gasteiger partial charge in [0.05, 0.1) is 17.3 Å². The summed E-state index contributed by atoms with van der Waals surface area (Å²) in [5, 5.41) is 0. The Morgan fingerprint density at radius 1 is 1.22 bits per heavy atom. The minimum absolute atomic E-state index is 0.0664. The van der Waals surface area contributed by atoms with E-state index >= 15 is 0 Å². The third kappa shape index (κ3) is 3.32. The van der Waals surface area contributed by atoms with Crippen LogP contribution in [0.25, 0.3) is 0 Å². The van der Waals surface area contributed by atoms with Crippen molar-refractivity contribution in [1.29, 1.82) is 0 Å². The molecule has 0 N–H and O–H groups in total. The van der Waals surface area contributed by atoms with E-state index < -0.39 is 11.6 Å². The normalized spacial score (nSPS) is 15.0. The Morgan fingerprint density at radius 2 is 1.96 bits per heavy atom. The highest BCUT2D eigenvalue weighted by atomic mass is 79.9. The van der Waals surface area contributed by atoms with Gasteiger partial charge in [0.25, 0.3) is 0 Å². The average molecular weight is 382 g/mol. The number of furan rings is 1. The molecule has 6 heteroatoms. The lowest BCUT2D eigenvalue weighted by Gasteiger charge is -2.30.